The van der Waals surface area contributed by atoms with Gasteiger partial charge in [0, 0.05) is 33.9 Å². The minimum absolute atomic E-state index is 0.156. The SMILES string of the molecule is CC1CCc2[nH]c3ccc(C(=O)OCC(=O)Nc4cccc(C(=O)NC5CC5)c4)cc3c2C1. The molecule has 5 rings (SSSR count). The number of aryl methyl sites for hydroxylation is 1. The second-order valence-electron chi connectivity index (χ2n) is 9.14. The second kappa shape index (κ2) is 8.73. The molecule has 170 valence electrons. The van der Waals surface area contributed by atoms with E-state index in [1.165, 1.54) is 11.3 Å². The van der Waals surface area contributed by atoms with E-state index in [1.807, 2.05) is 12.1 Å². The van der Waals surface area contributed by atoms with Gasteiger partial charge < -0.3 is 20.4 Å². The van der Waals surface area contributed by atoms with Crippen molar-refractivity contribution in [2.75, 3.05) is 11.9 Å². The molecule has 2 aliphatic rings. The monoisotopic (exact) mass is 445 g/mol. The van der Waals surface area contributed by atoms with Gasteiger partial charge in [0.15, 0.2) is 6.61 Å². The molecule has 2 aromatic carbocycles. The molecule has 33 heavy (non-hydrogen) atoms. The van der Waals surface area contributed by atoms with Crippen molar-refractivity contribution in [1.82, 2.24) is 10.3 Å². The van der Waals surface area contributed by atoms with Crippen LogP contribution in [0.25, 0.3) is 10.9 Å². The van der Waals surface area contributed by atoms with Crippen molar-refractivity contribution in [3.8, 4) is 0 Å². The van der Waals surface area contributed by atoms with Gasteiger partial charge in [0.25, 0.3) is 11.8 Å². The van der Waals surface area contributed by atoms with Crippen molar-refractivity contribution >= 4 is 34.4 Å². The topological polar surface area (TPSA) is 100 Å². The summed E-state index contributed by atoms with van der Waals surface area (Å²) < 4.78 is 5.25. The van der Waals surface area contributed by atoms with Crippen molar-refractivity contribution in [2.24, 2.45) is 5.92 Å². The fraction of sp³-hybridized carbons (Fsp3) is 0.346. The van der Waals surface area contributed by atoms with Crippen LogP contribution in [0.2, 0.25) is 0 Å². The molecule has 3 aromatic rings. The molecular weight excluding hydrogens is 418 g/mol. The molecule has 0 bridgehead atoms. The van der Waals surface area contributed by atoms with E-state index in [1.54, 1.807) is 30.3 Å². The van der Waals surface area contributed by atoms with Gasteiger partial charge in [0.2, 0.25) is 0 Å². The number of benzene rings is 2. The predicted molar refractivity (Wildman–Crippen MR) is 125 cm³/mol. The Kier molecular flexibility index (Phi) is 5.62. The average Bonchev–Trinajstić information content (AvgIpc) is 3.56. The quantitative estimate of drug-likeness (QED) is 0.500. The highest BCUT2D eigenvalue weighted by Gasteiger charge is 2.24. The molecule has 1 unspecified atom stereocenters. The van der Waals surface area contributed by atoms with Crippen molar-refractivity contribution in [3.05, 3.63) is 64.8 Å². The number of anilines is 1. The Balaban J connectivity index is 1.20. The molecule has 1 fully saturated rings. The molecule has 1 aromatic heterocycles. The summed E-state index contributed by atoms with van der Waals surface area (Å²) in [5, 5.41) is 6.65. The Morgan fingerprint density at radius 2 is 1.91 bits per heavy atom. The molecule has 2 aliphatic carbocycles. The third kappa shape index (κ3) is 4.77. The normalized spacial score (nSPS) is 17.3. The van der Waals surface area contributed by atoms with Crippen LogP contribution in [0, 0.1) is 5.92 Å². The lowest BCUT2D eigenvalue weighted by atomic mass is 9.87. The van der Waals surface area contributed by atoms with Gasteiger partial charge in [-0.15, -0.1) is 0 Å². The molecule has 0 radical (unpaired) electrons. The van der Waals surface area contributed by atoms with Gasteiger partial charge in [-0.05, 0) is 80.0 Å². The standard InChI is InChI=1S/C26H27N3O4/c1-15-5-9-22-20(11-15)21-13-17(6-10-23(21)29-22)26(32)33-14-24(30)27-19-4-2-3-16(12-19)25(31)28-18-7-8-18/h2-4,6,10,12-13,15,18,29H,5,7-9,11,14H2,1H3,(H,27,30)(H,28,31). The summed E-state index contributed by atoms with van der Waals surface area (Å²) >= 11 is 0. The van der Waals surface area contributed by atoms with Crippen molar-refractivity contribution in [1.29, 1.82) is 0 Å². The van der Waals surface area contributed by atoms with E-state index in [4.69, 9.17) is 4.74 Å². The zero-order valence-electron chi connectivity index (χ0n) is 18.6. The number of aromatic amines is 1. The zero-order valence-corrected chi connectivity index (χ0v) is 18.6. The summed E-state index contributed by atoms with van der Waals surface area (Å²) in [5.74, 6) is -0.536. The summed E-state index contributed by atoms with van der Waals surface area (Å²) in [4.78, 5) is 40.6. The van der Waals surface area contributed by atoms with Crippen LogP contribution in [0.1, 0.15) is 58.2 Å². The third-order valence-electron chi connectivity index (χ3n) is 6.33. The third-order valence-corrected chi connectivity index (χ3v) is 6.33. The largest absolute Gasteiger partial charge is 0.452 e. The summed E-state index contributed by atoms with van der Waals surface area (Å²) in [6.07, 6.45) is 5.19. The highest BCUT2D eigenvalue weighted by Crippen LogP contribution is 2.32. The number of aromatic nitrogens is 1. The minimum Gasteiger partial charge on any atom is -0.452 e. The molecule has 2 amide bonds. The van der Waals surface area contributed by atoms with E-state index in [9.17, 15) is 14.4 Å². The number of hydrogen-bond acceptors (Lipinski definition) is 4. The number of ether oxygens (including phenoxy) is 1. The highest BCUT2D eigenvalue weighted by molar-refractivity contribution is 6.00. The first kappa shape index (κ1) is 21.2. The molecule has 7 nitrogen and oxygen atoms in total. The van der Waals surface area contributed by atoms with E-state index < -0.39 is 18.5 Å². The van der Waals surface area contributed by atoms with Crippen LogP contribution in [0.5, 0.6) is 0 Å². The number of amides is 2. The van der Waals surface area contributed by atoms with Crippen molar-refractivity contribution in [3.63, 3.8) is 0 Å². The molecule has 1 saturated carbocycles. The number of H-pyrrole nitrogens is 1. The van der Waals surface area contributed by atoms with E-state index in [0.29, 0.717) is 22.7 Å². The molecule has 3 N–H and O–H groups in total. The number of carbonyl (C=O) groups excluding carboxylic acids is 3. The Hall–Kier alpha value is -3.61. The molecule has 1 heterocycles. The van der Waals surface area contributed by atoms with Crippen LogP contribution < -0.4 is 10.6 Å². The maximum atomic E-state index is 12.6. The average molecular weight is 446 g/mol. The summed E-state index contributed by atoms with van der Waals surface area (Å²) in [6, 6.07) is 12.4. The van der Waals surface area contributed by atoms with Crippen molar-refractivity contribution < 1.29 is 19.1 Å². The number of fused-ring (bicyclic) bond motifs is 3. The van der Waals surface area contributed by atoms with Crippen LogP contribution >= 0.6 is 0 Å². The van der Waals surface area contributed by atoms with Crippen LogP contribution in [-0.4, -0.2) is 35.4 Å². The lowest BCUT2D eigenvalue weighted by molar-refractivity contribution is -0.119. The summed E-state index contributed by atoms with van der Waals surface area (Å²) in [7, 11) is 0. The van der Waals surface area contributed by atoms with Gasteiger partial charge in [0.05, 0.1) is 5.56 Å². The predicted octanol–water partition coefficient (Wildman–Crippen LogP) is 3.98. The summed E-state index contributed by atoms with van der Waals surface area (Å²) in [5.41, 5.74) is 4.94. The van der Waals surface area contributed by atoms with E-state index >= 15 is 0 Å². The number of esters is 1. The number of hydrogen-bond donors (Lipinski definition) is 3. The first-order valence-corrected chi connectivity index (χ1v) is 11.5. The zero-order chi connectivity index (χ0) is 22.9. The first-order valence-electron chi connectivity index (χ1n) is 11.5. The Morgan fingerprint density at radius 3 is 2.73 bits per heavy atom. The molecule has 0 aliphatic heterocycles. The Bertz CT molecular complexity index is 1240. The van der Waals surface area contributed by atoms with Gasteiger partial charge >= 0.3 is 5.97 Å². The number of rotatable bonds is 6. The maximum Gasteiger partial charge on any atom is 0.338 e. The Morgan fingerprint density at radius 1 is 1.06 bits per heavy atom. The van der Waals surface area contributed by atoms with Crippen LogP contribution in [0.4, 0.5) is 5.69 Å². The lowest BCUT2D eigenvalue weighted by Gasteiger charge is -2.18. The van der Waals surface area contributed by atoms with Gasteiger partial charge in [0.1, 0.15) is 0 Å². The fourth-order valence-electron chi connectivity index (χ4n) is 4.36. The van der Waals surface area contributed by atoms with E-state index in [0.717, 1.165) is 43.0 Å². The maximum absolute atomic E-state index is 12.6. The van der Waals surface area contributed by atoms with Gasteiger partial charge in [-0.2, -0.15) is 0 Å². The van der Waals surface area contributed by atoms with Crippen LogP contribution in [-0.2, 0) is 22.4 Å². The van der Waals surface area contributed by atoms with Crippen LogP contribution in [0.15, 0.2) is 42.5 Å². The number of nitrogens with one attached hydrogen (secondary N) is 3. The lowest BCUT2D eigenvalue weighted by Crippen LogP contribution is -2.25. The molecule has 0 spiro atoms. The summed E-state index contributed by atoms with van der Waals surface area (Å²) in [6.45, 7) is 1.84. The Labute approximate surface area is 191 Å². The molecular formula is C26H27N3O4. The van der Waals surface area contributed by atoms with E-state index in [-0.39, 0.29) is 11.9 Å². The fourth-order valence-corrected chi connectivity index (χ4v) is 4.36. The molecule has 7 heteroatoms. The van der Waals surface area contributed by atoms with Crippen molar-refractivity contribution in [2.45, 2.75) is 45.1 Å². The number of carbonyl (C=O) groups is 3. The smallest absolute Gasteiger partial charge is 0.338 e. The van der Waals surface area contributed by atoms with Gasteiger partial charge in [-0.3, -0.25) is 9.59 Å². The van der Waals surface area contributed by atoms with Gasteiger partial charge in [-0.1, -0.05) is 13.0 Å². The second-order valence-corrected chi connectivity index (χ2v) is 9.14. The first-order chi connectivity index (χ1) is 16.0. The molecule has 1 atom stereocenters. The molecule has 0 saturated heterocycles. The van der Waals surface area contributed by atoms with E-state index in [2.05, 4.69) is 22.5 Å². The minimum atomic E-state index is -0.539. The highest BCUT2D eigenvalue weighted by atomic mass is 16.5. The van der Waals surface area contributed by atoms with Gasteiger partial charge in [-0.25, -0.2) is 4.79 Å². The van der Waals surface area contributed by atoms with Crippen LogP contribution in [0.3, 0.4) is 0 Å².